The second-order valence-corrected chi connectivity index (χ2v) is 7.57. The van der Waals surface area contributed by atoms with E-state index >= 15 is 0 Å². The van der Waals surface area contributed by atoms with Crippen LogP contribution in [0.25, 0.3) is 0 Å². The maximum atomic E-state index is 12.0. The summed E-state index contributed by atoms with van der Waals surface area (Å²) in [5, 5.41) is 6.59. The monoisotopic (exact) mass is 445 g/mol. The van der Waals surface area contributed by atoms with Gasteiger partial charge in [0.15, 0.2) is 11.5 Å². The number of nitrogens with zero attached hydrogens (tertiary/aromatic N) is 1. The number of benzene rings is 3. The fourth-order valence-electron chi connectivity index (χ4n) is 3.05. The van der Waals surface area contributed by atoms with Gasteiger partial charge in [0.1, 0.15) is 13.0 Å². The van der Waals surface area contributed by atoms with Crippen molar-refractivity contribution >= 4 is 23.7 Å². The molecule has 3 rings (SSSR count). The van der Waals surface area contributed by atoms with Crippen molar-refractivity contribution in [1.82, 2.24) is 5.43 Å². The lowest BCUT2D eigenvalue weighted by Crippen LogP contribution is -2.24. The molecule has 0 aliphatic carbocycles. The van der Waals surface area contributed by atoms with Gasteiger partial charge in [0.2, 0.25) is 11.8 Å². The zero-order chi connectivity index (χ0) is 23.6. The number of nitrogens with one attached hydrogen (secondary N) is 2. The van der Waals surface area contributed by atoms with E-state index in [0.29, 0.717) is 29.4 Å². The van der Waals surface area contributed by atoms with E-state index in [1.165, 1.54) is 11.8 Å². The van der Waals surface area contributed by atoms with Crippen LogP contribution >= 0.6 is 0 Å². The van der Waals surface area contributed by atoms with Gasteiger partial charge in [-0.25, -0.2) is 5.43 Å². The van der Waals surface area contributed by atoms with Gasteiger partial charge >= 0.3 is 0 Å². The van der Waals surface area contributed by atoms with E-state index in [1.807, 2.05) is 44.2 Å². The lowest BCUT2D eigenvalue weighted by Gasteiger charge is -2.11. The highest BCUT2D eigenvalue weighted by atomic mass is 16.5. The highest BCUT2D eigenvalue weighted by Crippen LogP contribution is 2.28. The summed E-state index contributed by atoms with van der Waals surface area (Å²) in [5.74, 6) is 0.229. The van der Waals surface area contributed by atoms with Crippen LogP contribution in [-0.4, -0.2) is 25.1 Å². The Kier molecular flexibility index (Phi) is 8.18. The van der Waals surface area contributed by atoms with Crippen LogP contribution in [0.2, 0.25) is 0 Å². The number of aryl methyl sites for hydroxylation is 2. The molecule has 0 spiro atoms. The number of methoxy groups -OCH3 is 1. The Morgan fingerprint density at radius 1 is 0.909 bits per heavy atom. The topological polar surface area (TPSA) is 89.0 Å². The number of rotatable bonds is 9. The maximum Gasteiger partial charge on any atom is 0.249 e. The number of amides is 2. The highest BCUT2D eigenvalue weighted by molar-refractivity contribution is 6.03. The summed E-state index contributed by atoms with van der Waals surface area (Å²) >= 11 is 0. The predicted octanol–water partition coefficient (Wildman–Crippen LogP) is 4.37. The average molecular weight is 446 g/mol. The minimum Gasteiger partial charge on any atom is -0.493 e. The molecule has 170 valence electrons. The van der Waals surface area contributed by atoms with Gasteiger partial charge in [-0.15, -0.1) is 0 Å². The highest BCUT2D eigenvalue weighted by Gasteiger charge is 2.09. The fraction of sp³-hybridized carbons (Fsp3) is 0.192. The number of hydrogen-bond acceptors (Lipinski definition) is 5. The Morgan fingerprint density at radius 2 is 1.70 bits per heavy atom. The molecule has 0 fully saturated rings. The molecule has 0 bridgehead atoms. The quantitative estimate of drug-likeness (QED) is 0.291. The van der Waals surface area contributed by atoms with Crippen LogP contribution < -0.4 is 20.2 Å². The van der Waals surface area contributed by atoms with Crippen molar-refractivity contribution in [1.29, 1.82) is 0 Å². The summed E-state index contributed by atoms with van der Waals surface area (Å²) in [4.78, 5) is 24.0. The van der Waals surface area contributed by atoms with E-state index in [2.05, 4.69) is 21.9 Å². The minimum absolute atomic E-state index is 0.333. The van der Waals surface area contributed by atoms with Crippen molar-refractivity contribution in [3.05, 3.63) is 89.0 Å². The summed E-state index contributed by atoms with van der Waals surface area (Å²) in [6.45, 7) is 4.42. The Bertz CT molecular complexity index is 1140. The second kappa shape index (κ2) is 11.5. The largest absolute Gasteiger partial charge is 0.493 e. The molecule has 2 amide bonds. The first-order chi connectivity index (χ1) is 15.9. The third-order valence-corrected chi connectivity index (χ3v) is 4.72. The van der Waals surface area contributed by atoms with Crippen LogP contribution in [0.15, 0.2) is 71.8 Å². The second-order valence-electron chi connectivity index (χ2n) is 7.57. The molecule has 0 radical (unpaired) electrons. The molecule has 3 aromatic rings. The van der Waals surface area contributed by atoms with E-state index < -0.39 is 11.8 Å². The van der Waals surface area contributed by atoms with Gasteiger partial charge in [0.25, 0.3) is 0 Å². The maximum absolute atomic E-state index is 12.0. The predicted molar refractivity (Wildman–Crippen MR) is 129 cm³/mol. The molecule has 2 N–H and O–H groups in total. The summed E-state index contributed by atoms with van der Waals surface area (Å²) in [5.41, 5.74) is 7.03. The third-order valence-electron chi connectivity index (χ3n) is 4.72. The van der Waals surface area contributed by atoms with Crippen molar-refractivity contribution in [2.45, 2.75) is 26.9 Å². The van der Waals surface area contributed by atoms with Crippen LogP contribution in [0.3, 0.4) is 0 Å². The molecule has 0 aliphatic heterocycles. The van der Waals surface area contributed by atoms with Crippen LogP contribution in [0, 0.1) is 13.8 Å². The molecule has 0 saturated heterocycles. The number of anilines is 1. The van der Waals surface area contributed by atoms with Crippen molar-refractivity contribution in [2.75, 3.05) is 12.4 Å². The molecule has 0 aromatic heterocycles. The number of hydrazone groups is 1. The molecule has 0 saturated carbocycles. The standard InChI is InChI=1S/C26H27N3O4/c1-18-7-10-22(11-8-18)28-25(30)15-26(31)29-27-16-20-9-12-23(24(14-20)32-3)33-17-21-6-4-5-19(2)13-21/h4-14,16H,15,17H2,1-3H3,(H,28,30)(H,29,31). The van der Waals surface area contributed by atoms with Gasteiger partial charge in [-0.2, -0.15) is 5.10 Å². The van der Waals surface area contributed by atoms with Crippen molar-refractivity contribution in [3.63, 3.8) is 0 Å². The molecule has 3 aromatic carbocycles. The van der Waals surface area contributed by atoms with Gasteiger partial charge in [-0.3, -0.25) is 9.59 Å². The SMILES string of the molecule is COc1cc(C=NNC(=O)CC(=O)Nc2ccc(C)cc2)ccc1OCc1cccc(C)c1. The Labute approximate surface area is 193 Å². The van der Waals surface area contributed by atoms with Crippen LogP contribution in [0.4, 0.5) is 5.69 Å². The van der Waals surface area contributed by atoms with E-state index in [4.69, 9.17) is 9.47 Å². The Balaban J connectivity index is 1.51. The Hall–Kier alpha value is -4.13. The summed E-state index contributed by atoms with van der Waals surface area (Å²) in [6, 6.07) is 20.8. The smallest absolute Gasteiger partial charge is 0.249 e. The van der Waals surface area contributed by atoms with Crippen molar-refractivity contribution in [3.8, 4) is 11.5 Å². The van der Waals surface area contributed by atoms with E-state index in [-0.39, 0.29) is 6.42 Å². The summed E-state index contributed by atoms with van der Waals surface area (Å²) in [6.07, 6.45) is 1.14. The van der Waals surface area contributed by atoms with Gasteiger partial charge in [-0.05, 0) is 55.3 Å². The lowest BCUT2D eigenvalue weighted by atomic mass is 10.1. The van der Waals surface area contributed by atoms with E-state index in [1.54, 1.807) is 37.4 Å². The van der Waals surface area contributed by atoms with Gasteiger partial charge < -0.3 is 14.8 Å². The van der Waals surface area contributed by atoms with Crippen molar-refractivity contribution < 1.29 is 19.1 Å². The first-order valence-electron chi connectivity index (χ1n) is 10.5. The summed E-state index contributed by atoms with van der Waals surface area (Å²) < 4.78 is 11.3. The van der Waals surface area contributed by atoms with E-state index in [9.17, 15) is 9.59 Å². The van der Waals surface area contributed by atoms with Crippen LogP contribution in [0.5, 0.6) is 11.5 Å². The molecular weight excluding hydrogens is 418 g/mol. The first-order valence-corrected chi connectivity index (χ1v) is 10.5. The molecule has 0 atom stereocenters. The molecule has 7 heteroatoms. The van der Waals surface area contributed by atoms with Gasteiger partial charge in [0, 0.05) is 5.69 Å². The molecule has 0 unspecified atom stereocenters. The number of carbonyl (C=O) groups excluding carboxylic acids is 2. The molecule has 0 aliphatic rings. The molecule has 33 heavy (non-hydrogen) atoms. The van der Waals surface area contributed by atoms with E-state index in [0.717, 1.165) is 11.1 Å². The lowest BCUT2D eigenvalue weighted by molar-refractivity contribution is -0.126. The Morgan fingerprint density at radius 3 is 2.42 bits per heavy atom. The fourth-order valence-corrected chi connectivity index (χ4v) is 3.05. The summed E-state index contributed by atoms with van der Waals surface area (Å²) in [7, 11) is 1.56. The zero-order valence-corrected chi connectivity index (χ0v) is 18.9. The number of carbonyl (C=O) groups is 2. The first kappa shape index (κ1) is 23.5. The number of hydrogen-bond donors (Lipinski definition) is 2. The molecule has 0 heterocycles. The van der Waals surface area contributed by atoms with Gasteiger partial charge in [-0.1, -0.05) is 47.5 Å². The zero-order valence-electron chi connectivity index (χ0n) is 18.9. The molecule has 7 nitrogen and oxygen atoms in total. The average Bonchev–Trinajstić information content (AvgIpc) is 2.79. The van der Waals surface area contributed by atoms with Crippen LogP contribution in [0.1, 0.15) is 28.7 Å². The normalized spacial score (nSPS) is 10.6. The van der Waals surface area contributed by atoms with Crippen LogP contribution in [-0.2, 0) is 16.2 Å². The van der Waals surface area contributed by atoms with Gasteiger partial charge in [0.05, 0.1) is 13.3 Å². The van der Waals surface area contributed by atoms with Crippen molar-refractivity contribution in [2.24, 2.45) is 5.10 Å². The molecular formula is C26H27N3O4. The third kappa shape index (κ3) is 7.50. The number of ether oxygens (including phenoxy) is 2. The minimum atomic E-state index is -0.513.